The zero-order chi connectivity index (χ0) is 15.8. The number of benzene rings is 1. The van der Waals surface area contributed by atoms with Crippen LogP contribution in [0.5, 0.6) is 0 Å². The van der Waals surface area contributed by atoms with E-state index in [9.17, 15) is 4.79 Å². The van der Waals surface area contributed by atoms with Crippen LogP contribution in [-0.2, 0) is 0 Å². The zero-order valence-electron chi connectivity index (χ0n) is 13.5. The zero-order valence-corrected chi connectivity index (χ0v) is 13.5. The second-order valence-corrected chi connectivity index (χ2v) is 6.05. The smallest absolute Gasteiger partial charge is 0.255 e. The minimum Gasteiger partial charge on any atom is -0.338 e. The Labute approximate surface area is 128 Å². The Morgan fingerprint density at radius 1 is 1.14 bits per heavy atom. The maximum atomic E-state index is 12.8. The molecule has 0 atom stereocenters. The fraction of sp³-hybridized carbons (Fsp3) is 0.500. The molecule has 0 bridgehead atoms. The first-order valence-corrected chi connectivity index (χ1v) is 7.53. The Bertz CT molecular complexity index is 514. The van der Waals surface area contributed by atoms with Crippen molar-refractivity contribution in [2.24, 2.45) is 17.6 Å². The predicted molar refractivity (Wildman–Crippen MR) is 88.0 cm³/mol. The third kappa shape index (κ3) is 5.61. The van der Waals surface area contributed by atoms with Crippen LogP contribution in [0.4, 0.5) is 0 Å². The van der Waals surface area contributed by atoms with E-state index in [1.807, 2.05) is 29.2 Å². The van der Waals surface area contributed by atoms with Gasteiger partial charge in [-0.1, -0.05) is 51.7 Å². The molecule has 0 saturated carbocycles. The lowest BCUT2D eigenvalue weighted by Gasteiger charge is -2.27. The Kier molecular flexibility index (Phi) is 6.98. The van der Waals surface area contributed by atoms with Gasteiger partial charge in [-0.05, 0) is 24.0 Å². The summed E-state index contributed by atoms with van der Waals surface area (Å²) in [5.41, 5.74) is 6.85. The molecule has 0 heterocycles. The van der Waals surface area contributed by atoms with E-state index in [4.69, 9.17) is 5.73 Å². The monoisotopic (exact) mass is 286 g/mol. The molecular weight excluding hydrogens is 260 g/mol. The molecule has 1 amide bonds. The van der Waals surface area contributed by atoms with E-state index < -0.39 is 0 Å². The van der Waals surface area contributed by atoms with Crippen LogP contribution < -0.4 is 5.73 Å². The van der Waals surface area contributed by atoms with E-state index in [0.717, 1.165) is 18.7 Å². The van der Waals surface area contributed by atoms with Crippen molar-refractivity contribution in [3.8, 4) is 11.8 Å². The molecular formula is C18H26N2O. The first-order valence-electron chi connectivity index (χ1n) is 7.53. The maximum absolute atomic E-state index is 12.8. The Hall–Kier alpha value is -1.79. The molecule has 21 heavy (non-hydrogen) atoms. The number of nitrogens with zero attached hydrogens (tertiary/aromatic N) is 1. The molecule has 0 aliphatic rings. The van der Waals surface area contributed by atoms with Gasteiger partial charge in [-0.3, -0.25) is 4.79 Å². The normalized spacial score (nSPS) is 10.4. The van der Waals surface area contributed by atoms with Gasteiger partial charge < -0.3 is 10.6 Å². The van der Waals surface area contributed by atoms with Gasteiger partial charge in [-0.2, -0.15) is 0 Å². The first-order chi connectivity index (χ1) is 9.95. The van der Waals surface area contributed by atoms with Crippen molar-refractivity contribution >= 4 is 5.91 Å². The molecule has 0 spiro atoms. The predicted octanol–water partition coefficient (Wildman–Crippen LogP) is 2.75. The third-order valence-electron chi connectivity index (χ3n) is 2.94. The Morgan fingerprint density at radius 3 is 2.24 bits per heavy atom. The van der Waals surface area contributed by atoms with Gasteiger partial charge >= 0.3 is 0 Å². The fourth-order valence-corrected chi connectivity index (χ4v) is 2.22. The van der Waals surface area contributed by atoms with E-state index in [1.165, 1.54) is 0 Å². The van der Waals surface area contributed by atoms with Crippen molar-refractivity contribution in [2.75, 3.05) is 19.6 Å². The SMILES string of the molecule is CC(C)CN(CC(C)C)C(=O)c1ccccc1C#CCN. The molecule has 0 aliphatic carbocycles. The van der Waals surface area contributed by atoms with Crippen LogP contribution in [0.1, 0.15) is 43.6 Å². The number of amides is 1. The van der Waals surface area contributed by atoms with Crippen molar-refractivity contribution in [1.29, 1.82) is 0 Å². The molecule has 2 N–H and O–H groups in total. The number of rotatable bonds is 5. The molecule has 3 nitrogen and oxygen atoms in total. The largest absolute Gasteiger partial charge is 0.338 e. The lowest BCUT2D eigenvalue weighted by molar-refractivity contribution is 0.0715. The molecule has 1 rings (SSSR count). The molecule has 0 unspecified atom stereocenters. The molecule has 0 saturated heterocycles. The molecule has 0 aliphatic heterocycles. The minimum absolute atomic E-state index is 0.0549. The topological polar surface area (TPSA) is 46.3 Å². The molecule has 0 radical (unpaired) electrons. The Morgan fingerprint density at radius 2 is 1.71 bits per heavy atom. The minimum atomic E-state index is 0.0549. The van der Waals surface area contributed by atoms with Gasteiger partial charge in [0.2, 0.25) is 0 Å². The standard InChI is InChI=1S/C18H26N2O/c1-14(2)12-20(13-15(3)4)18(21)17-10-6-5-8-16(17)9-7-11-19/h5-6,8,10,14-15H,11-13,19H2,1-4H3. The van der Waals surface area contributed by atoms with Crippen molar-refractivity contribution in [3.05, 3.63) is 35.4 Å². The van der Waals surface area contributed by atoms with Gasteiger partial charge in [0.25, 0.3) is 5.91 Å². The van der Waals surface area contributed by atoms with Crippen LogP contribution in [0.3, 0.4) is 0 Å². The lowest BCUT2D eigenvalue weighted by atomic mass is 10.0. The number of nitrogens with two attached hydrogens (primary N) is 1. The summed E-state index contributed by atoms with van der Waals surface area (Å²) in [4.78, 5) is 14.8. The summed E-state index contributed by atoms with van der Waals surface area (Å²) >= 11 is 0. The van der Waals surface area contributed by atoms with E-state index >= 15 is 0 Å². The highest BCUT2D eigenvalue weighted by molar-refractivity contribution is 5.96. The summed E-state index contributed by atoms with van der Waals surface area (Å²) in [6, 6.07) is 7.49. The average molecular weight is 286 g/mol. The number of hydrogen-bond donors (Lipinski definition) is 1. The van der Waals surface area contributed by atoms with Crippen LogP contribution in [0.25, 0.3) is 0 Å². The van der Waals surface area contributed by atoms with Crippen molar-refractivity contribution in [2.45, 2.75) is 27.7 Å². The second-order valence-electron chi connectivity index (χ2n) is 6.05. The quantitative estimate of drug-likeness (QED) is 0.846. The van der Waals surface area contributed by atoms with E-state index in [1.54, 1.807) is 0 Å². The Balaban J connectivity index is 3.08. The number of carbonyl (C=O) groups excluding carboxylic acids is 1. The van der Waals surface area contributed by atoms with Crippen molar-refractivity contribution in [1.82, 2.24) is 4.90 Å². The van der Waals surface area contributed by atoms with Gasteiger partial charge in [0.1, 0.15) is 0 Å². The molecule has 1 aromatic carbocycles. The molecule has 0 aromatic heterocycles. The van der Waals surface area contributed by atoms with E-state index in [-0.39, 0.29) is 5.91 Å². The van der Waals surface area contributed by atoms with Gasteiger partial charge in [0.05, 0.1) is 12.1 Å². The first kappa shape index (κ1) is 17.3. The second kappa shape index (κ2) is 8.49. The van der Waals surface area contributed by atoms with Crippen LogP contribution >= 0.6 is 0 Å². The van der Waals surface area contributed by atoms with Crippen molar-refractivity contribution in [3.63, 3.8) is 0 Å². The van der Waals surface area contributed by atoms with Gasteiger partial charge in [-0.25, -0.2) is 0 Å². The van der Waals surface area contributed by atoms with Crippen LogP contribution in [0, 0.1) is 23.7 Å². The third-order valence-corrected chi connectivity index (χ3v) is 2.94. The van der Waals surface area contributed by atoms with Crippen LogP contribution in [0.15, 0.2) is 24.3 Å². The summed E-state index contributed by atoms with van der Waals surface area (Å²) in [7, 11) is 0. The highest BCUT2D eigenvalue weighted by atomic mass is 16.2. The summed E-state index contributed by atoms with van der Waals surface area (Å²) < 4.78 is 0. The van der Waals surface area contributed by atoms with Crippen molar-refractivity contribution < 1.29 is 4.79 Å². The van der Waals surface area contributed by atoms with E-state index in [2.05, 4.69) is 39.5 Å². The highest BCUT2D eigenvalue weighted by Gasteiger charge is 2.19. The summed E-state index contributed by atoms with van der Waals surface area (Å²) in [5.74, 6) is 6.75. The maximum Gasteiger partial charge on any atom is 0.255 e. The molecule has 1 aromatic rings. The number of hydrogen-bond acceptors (Lipinski definition) is 2. The number of carbonyl (C=O) groups is 1. The van der Waals surface area contributed by atoms with Gasteiger partial charge in [0, 0.05) is 18.7 Å². The lowest BCUT2D eigenvalue weighted by Crippen LogP contribution is -2.37. The van der Waals surface area contributed by atoms with Gasteiger partial charge in [0.15, 0.2) is 0 Å². The van der Waals surface area contributed by atoms with E-state index in [0.29, 0.717) is 23.9 Å². The summed E-state index contributed by atoms with van der Waals surface area (Å²) in [6.07, 6.45) is 0. The molecule has 0 fully saturated rings. The molecule has 3 heteroatoms. The van der Waals surface area contributed by atoms with Crippen LogP contribution in [-0.4, -0.2) is 30.4 Å². The molecule has 114 valence electrons. The average Bonchev–Trinajstić information content (AvgIpc) is 2.43. The van der Waals surface area contributed by atoms with Gasteiger partial charge in [-0.15, -0.1) is 0 Å². The fourth-order valence-electron chi connectivity index (χ4n) is 2.22. The van der Waals surface area contributed by atoms with Crippen LogP contribution in [0.2, 0.25) is 0 Å². The summed E-state index contributed by atoms with van der Waals surface area (Å²) in [5, 5.41) is 0. The summed E-state index contributed by atoms with van der Waals surface area (Å²) in [6.45, 7) is 10.3. The highest BCUT2D eigenvalue weighted by Crippen LogP contribution is 2.14.